The van der Waals surface area contributed by atoms with Gasteiger partial charge in [-0.1, -0.05) is 37.5 Å². The topological polar surface area (TPSA) is 79.7 Å². The third-order valence-electron chi connectivity index (χ3n) is 6.98. The molecule has 7 nitrogen and oxygen atoms in total. The average molecular weight is 421 g/mol. The Bertz CT molecular complexity index is 1090. The molecule has 0 spiro atoms. The molecule has 3 aromatic rings. The van der Waals surface area contributed by atoms with E-state index < -0.39 is 0 Å². The fourth-order valence-electron chi connectivity index (χ4n) is 5.51. The van der Waals surface area contributed by atoms with Gasteiger partial charge in [0.15, 0.2) is 5.82 Å². The molecular weight excluding hydrogens is 388 g/mol. The summed E-state index contributed by atoms with van der Waals surface area (Å²) in [5, 5.41) is 14.1. The monoisotopic (exact) mass is 420 g/mol. The second kappa shape index (κ2) is 7.77. The molecule has 1 atom stereocenters. The van der Waals surface area contributed by atoms with Crippen LogP contribution >= 0.6 is 0 Å². The molecule has 0 bridgehead atoms. The number of fused-ring (bicyclic) bond motifs is 3. The van der Waals surface area contributed by atoms with E-state index in [-0.39, 0.29) is 17.5 Å². The second-order valence-electron chi connectivity index (χ2n) is 10.1. The molecule has 1 fully saturated rings. The highest BCUT2D eigenvalue weighted by atomic mass is 16.2. The third-order valence-corrected chi connectivity index (χ3v) is 6.98. The number of aromatic amines is 1. The maximum absolute atomic E-state index is 13.6. The van der Waals surface area contributed by atoms with Crippen LogP contribution < -0.4 is 0 Å². The van der Waals surface area contributed by atoms with Gasteiger partial charge in [-0.3, -0.25) is 4.79 Å². The zero-order valence-electron chi connectivity index (χ0n) is 18.8. The van der Waals surface area contributed by atoms with Gasteiger partial charge in [0.25, 0.3) is 0 Å². The highest BCUT2D eigenvalue weighted by Gasteiger charge is 2.39. The van der Waals surface area contributed by atoms with Crippen molar-refractivity contribution in [3.8, 4) is 0 Å². The molecule has 1 aromatic carbocycles. The maximum atomic E-state index is 13.6. The number of nitrogens with one attached hydrogen (secondary N) is 1. The zero-order chi connectivity index (χ0) is 21.6. The summed E-state index contributed by atoms with van der Waals surface area (Å²) in [7, 11) is 0. The van der Waals surface area contributed by atoms with Gasteiger partial charge in [0.2, 0.25) is 5.91 Å². The molecule has 1 aliphatic carbocycles. The first-order chi connectivity index (χ1) is 14.9. The molecule has 1 N–H and O–H groups in total. The number of rotatable bonds is 3. The van der Waals surface area contributed by atoms with Crippen LogP contribution in [-0.4, -0.2) is 42.5 Å². The Balaban J connectivity index is 1.53. The number of nitrogens with zero attached hydrogens (tertiary/aromatic N) is 5. The number of carbonyl (C=O) groups is 1. The number of H-pyrrole nitrogens is 1. The number of aromatic nitrogens is 5. The highest BCUT2D eigenvalue weighted by molar-refractivity contribution is 5.88. The first-order valence-corrected chi connectivity index (χ1v) is 11.6. The zero-order valence-corrected chi connectivity index (χ0v) is 18.8. The Kier molecular flexibility index (Phi) is 5.07. The first kappa shape index (κ1) is 20.2. The van der Waals surface area contributed by atoms with Crippen molar-refractivity contribution in [3.63, 3.8) is 0 Å². The van der Waals surface area contributed by atoms with Crippen molar-refractivity contribution in [1.82, 2.24) is 30.1 Å². The number of benzene rings is 1. The van der Waals surface area contributed by atoms with Gasteiger partial charge in [0.1, 0.15) is 0 Å². The van der Waals surface area contributed by atoms with E-state index >= 15 is 0 Å². The Morgan fingerprint density at radius 1 is 1.13 bits per heavy atom. The summed E-state index contributed by atoms with van der Waals surface area (Å²) in [6.07, 6.45) is 7.21. The van der Waals surface area contributed by atoms with E-state index in [1.54, 1.807) is 0 Å². The Morgan fingerprint density at radius 3 is 2.68 bits per heavy atom. The molecule has 5 rings (SSSR count). The van der Waals surface area contributed by atoms with Gasteiger partial charge in [0.05, 0.1) is 18.0 Å². The Hall–Kier alpha value is -2.70. The molecule has 1 saturated carbocycles. The summed E-state index contributed by atoms with van der Waals surface area (Å²) in [5.74, 6) is 1.41. The average Bonchev–Trinajstić information content (AvgIpc) is 3.33. The van der Waals surface area contributed by atoms with Crippen molar-refractivity contribution < 1.29 is 4.79 Å². The summed E-state index contributed by atoms with van der Waals surface area (Å²) >= 11 is 0. The first-order valence-electron chi connectivity index (χ1n) is 11.6. The minimum absolute atomic E-state index is 0.0719. The van der Waals surface area contributed by atoms with Crippen molar-refractivity contribution in [2.45, 2.75) is 77.3 Å². The lowest BCUT2D eigenvalue weighted by Gasteiger charge is -2.38. The van der Waals surface area contributed by atoms with Crippen LogP contribution in [0, 0.1) is 5.92 Å². The molecular formula is C24H32N6O. The number of tetrazole rings is 1. The molecule has 1 amide bonds. The van der Waals surface area contributed by atoms with E-state index in [9.17, 15) is 4.79 Å². The van der Waals surface area contributed by atoms with Crippen LogP contribution in [0.25, 0.3) is 10.9 Å². The van der Waals surface area contributed by atoms with Crippen molar-refractivity contribution >= 4 is 16.8 Å². The van der Waals surface area contributed by atoms with Crippen molar-refractivity contribution in [2.24, 2.45) is 5.92 Å². The SMILES string of the molecule is CC(C)(C)n1nnnc1C(C1CCCCC1)N1CCc2c([nH]c3ccccc23)CC1=O. The summed E-state index contributed by atoms with van der Waals surface area (Å²) in [5.41, 5.74) is 3.23. The lowest BCUT2D eigenvalue weighted by molar-refractivity contribution is -0.134. The molecule has 2 aromatic heterocycles. The Labute approximate surface area is 183 Å². The highest BCUT2D eigenvalue weighted by Crippen LogP contribution is 2.40. The second-order valence-corrected chi connectivity index (χ2v) is 10.1. The van der Waals surface area contributed by atoms with Gasteiger partial charge < -0.3 is 9.88 Å². The molecule has 164 valence electrons. The van der Waals surface area contributed by atoms with Gasteiger partial charge >= 0.3 is 0 Å². The largest absolute Gasteiger partial charge is 0.358 e. The quantitative estimate of drug-likeness (QED) is 0.690. The van der Waals surface area contributed by atoms with Gasteiger partial charge in [-0.2, -0.15) is 0 Å². The van der Waals surface area contributed by atoms with Crippen LogP contribution in [0.15, 0.2) is 24.3 Å². The van der Waals surface area contributed by atoms with Crippen molar-refractivity contribution in [1.29, 1.82) is 0 Å². The maximum Gasteiger partial charge on any atom is 0.229 e. The lowest BCUT2D eigenvalue weighted by Crippen LogP contribution is -2.43. The van der Waals surface area contributed by atoms with E-state index in [4.69, 9.17) is 0 Å². The fraction of sp³-hybridized carbons (Fsp3) is 0.583. The molecule has 31 heavy (non-hydrogen) atoms. The molecule has 0 radical (unpaired) electrons. The summed E-state index contributed by atoms with van der Waals surface area (Å²) < 4.78 is 1.93. The van der Waals surface area contributed by atoms with Crippen LogP contribution in [0.5, 0.6) is 0 Å². The van der Waals surface area contributed by atoms with E-state index in [1.807, 2.05) is 10.7 Å². The summed E-state index contributed by atoms with van der Waals surface area (Å²) in [6.45, 7) is 7.05. The Morgan fingerprint density at radius 2 is 1.90 bits per heavy atom. The fourth-order valence-corrected chi connectivity index (χ4v) is 5.51. The van der Waals surface area contributed by atoms with Gasteiger partial charge in [-0.15, -0.1) is 5.10 Å². The van der Waals surface area contributed by atoms with E-state index in [0.717, 1.165) is 36.3 Å². The summed E-state index contributed by atoms with van der Waals surface area (Å²) in [4.78, 5) is 19.2. The summed E-state index contributed by atoms with van der Waals surface area (Å²) in [6, 6.07) is 8.29. The van der Waals surface area contributed by atoms with Gasteiger partial charge in [0, 0.05) is 23.1 Å². The molecule has 2 aliphatic rings. The predicted molar refractivity (Wildman–Crippen MR) is 120 cm³/mol. The van der Waals surface area contributed by atoms with E-state index in [1.165, 1.54) is 30.2 Å². The van der Waals surface area contributed by atoms with Crippen LogP contribution in [0.1, 0.15) is 76.0 Å². The lowest BCUT2D eigenvalue weighted by atomic mass is 9.82. The third kappa shape index (κ3) is 3.64. The van der Waals surface area contributed by atoms with Crippen molar-refractivity contribution in [2.75, 3.05) is 6.54 Å². The van der Waals surface area contributed by atoms with Gasteiger partial charge in [-0.25, -0.2) is 4.68 Å². The minimum atomic E-state index is -0.235. The number of hydrogen-bond donors (Lipinski definition) is 1. The number of amides is 1. The number of hydrogen-bond acceptors (Lipinski definition) is 4. The number of para-hydroxylation sites is 1. The molecule has 7 heteroatoms. The van der Waals surface area contributed by atoms with E-state index in [2.05, 4.69) is 64.4 Å². The van der Waals surface area contributed by atoms with Crippen LogP contribution in [0.4, 0.5) is 0 Å². The van der Waals surface area contributed by atoms with Gasteiger partial charge in [-0.05, 0) is 68.0 Å². The van der Waals surface area contributed by atoms with E-state index in [0.29, 0.717) is 18.9 Å². The predicted octanol–water partition coefficient (Wildman–Crippen LogP) is 4.16. The number of carbonyl (C=O) groups excluding carboxylic acids is 1. The van der Waals surface area contributed by atoms with Crippen molar-refractivity contribution in [3.05, 3.63) is 41.3 Å². The molecule has 1 aliphatic heterocycles. The van der Waals surface area contributed by atoms with Crippen LogP contribution in [-0.2, 0) is 23.2 Å². The van der Waals surface area contributed by atoms with Crippen LogP contribution in [0.3, 0.4) is 0 Å². The molecule has 3 heterocycles. The molecule has 0 saturated heterocycles. The van der Waals surface area contributed by atoms with Crippen LogP contribution in [0.2, 0.25) is 0 Å². The standard InChI is InChI=1S/C24H32N6O/c1-24(2,3)30-23(26-27-28-30)22(16-9-5-4-6-10-16)29-14-13-18-17-11-7-8-12-19(17)25-20(18)15-21(29)31/h7-8,11-12,16,22,25H,4-6,9-10,13-15H2,1-3H3. The molecule has 1 unspecified atom stereocenters. The normalized spacial score (nSPS) is 19.5. The minimum Gasteiger partial charge on any atom is -0.358 e. The smallest absolute Gasteiger partial charge is 0.229 e.